The monoisotopic (exact) mass is 224 g/mol. The van der Waals surface area contributed by atoms with Crippen LogP contribution in [0.2, 0.25) is 0 Å². The summed E-state index contributed by atoms with van der Waals surface area (Å²) in [6.07, 6.45) is 0. The number of thiazole rings is 1. The molecule has 2 N–H and O–H groups in total. The molecule has 0 saturated heterocycles. The molecule has 0 aliphatic rings. The van der Waals surface area contributed by atoms with Crippen LogP contribution in [0.1, 0.15) is 0 Å². The van der Waals surface area contributed by atoms with E-state index in [1.165, 1.54) is 24.5 Å². The third kappa shape index (κ3) is 1.78. The molecule has 15 heavy (non-hydrogen) atoms. The molecule has 2 rings (SSSR count). The Morgan fingerprint density at radius 3 is 2.87 bits per heavy atom. The lowest BCUT2D eigenvalue weighted by Gasteiger charge is -2.06. The van der Waals surface area contributed by atoms with Crippen molar-refractivity contribution >= 4 is 17.2 Å². The number of halogens is 1. The van der Waals surface area contributed by atoms with Crippen molar-refractivity contribution in [2.24, 2.45) is 0 Å². The number of nitrogen functional groups attached to an aromatic ring is 1. The van der Waals surface area contributed by atoms with E-state index in [1.54, 1.807) is 17.5 Å². The average Bonchev–Trinajstić information content (AvgIpc) is 2.64. The van der Waals surface area contributed by atoms with E-state index < -0.39 is 0 Å². The van der Waals surface area contributed by atoms with Gasteiger partial charge in [-0.05, 0) is 12.1 Å². The Bertz CT molecular complexity index is 484. The number of hydrogen-bond acceptors (Lipinski definition) is 4. The number of nitrogens with two attached hydrogens (primary N) is 1. The lowest BCUT2D eigenvalue weighted by Crippen LogP contribution is -1.91. The van der Waals surface area contributed by atoms with Gasteiger partial charge in [0.2, 0.25) is 0 Å². The molecule has 0 spiro atoms. The first-order valence-corrected chi connectivity index (χ1v) is 5.14. The highest BCUT2D eigenvalue weighted by Crippen LogP contribution is 2.34. The Labute approximate surface area is 90.3 Å². The van der Waals surface area contributed by atoms with Gasteiger partial charge in [0.15, 0.2) is 0 Å². The zero-order chi connectivity index (χ0) is 10.8. The number of nitrogens with zero attached hydrogens (tertiary/aromatic N) is 1. The van der Waals surface area contributed by atoms with Gasteiger partial charge in [-0.1, -0.05) is 6.07 Å². The summed E-state index contributed by atoms with van der Waals surface area (Å²) in [4.78, 5) is 4.03. The van der Waals surface area contributed by atoms with Gasteiger partial charge >= 0.3 is 0 Å². The Morgan fingerprint density at radius 1 is 1.47 bits per heavy atom. The van der Waals surface area contributed by atoms with Crippen LogP contribution in [0.4, 0.5) is 10.2 Å². The second kappa shape index (κ2) is 3.86. The number of ether oxygens (including phenoxy) is 1. The van der Waals surface area contributed by atoms with Crippen molar-refractivity contribution in [3.05, 3.63) is 29.4 Å². The molecule has 2 aromatic rings. The van der Waals surface area contributed by atoms with Gasteiger partial charge in [-0.25, -0.2) is 9.37 Å². The fourth-order valence-electron chi connectivity index (χ4n) is 1.28. The summed E-state index contributed by atoms with van der Waals surface area (Å²) in [5.41, 5.74) is 5.86. The fraction of sp³-hybridized carbons (Fsp3) is 0.100. The van der Waals surface area contributed by atoms with Crippen molar-refractivity contribution in [2.75, 3.05) is 12.8 Å². The molecule has 78 valence electrons. The normalized spacial score (nSPS) is 10.3. The van der Waals surface area contributed by atoms with Crippen molar-refractivity contribution < 1.29 is 9.13 Å². The molecule has 0 unspecified atom stereocenters. The molecule has 1 heterocycles. The van der Waals surface area contributed by atoms with E-state index in [4.69, 9.17) is 10.5 Å². The van der Waals surface area contributed by atoms with Crippen LogP contribution in [0.3, 0.4) is 0 Å². The van der Waals surface area contributed by atoms with Crippen LogP contribution in [0, 0.1) is 5.82 Å². The Hall–Kier alpha value is -1.62. The van der Waals surface area contributed by atoms with Gasteiger partial charge in [0.25, 0.3) is 0 Å². The van der Waals surface area contributed by atoms with Crippen molar-refractivity contribution in [2.45, 2.75) is 0 Å². The van der Waals surface area contributed by atoms with Gasteiger partial charge in [-0.3, -0.25) is 0 Å². The molecular formula is C10H9FN2OS. The quantitative estimate of drug-likeness (QED) is 0.852. The van der Waals surface area contributed by atoms with Crippen LogP contribution >= 0.6 is 11.3 Å². The third-order valence-electron chi connectivity index (χ3n) is 1.93. The first-order valence-electron chi connectivity index (χ1n) is 4.26. The lowest BCUT2D eigenvalue weighted by molar-refractivity contribution is 0.413. The lowest BCUT2D eigenvalue weighted by atomic mass is 10.2. The molecule has 0 aliphatic heterocycles. The molecule has 0 aliphatic carbocycles. The van der Waals surface area contributed by atoms with E-state index >= 15 is 0 Å². The molecule has 3 nitrogen and oxygen atoms in total. The summed E-state index contributed by atoms with van der Waals surface area (Å²) in [5.74, 6) is 0.494. The predicted molar refractivity (Wildman–Crippen MR) is 58.5 cm³/mol. The fourth-order valence-corrected chi connectivity index (χ4v) is 2.04. The summed E-state index contributed by atoms with van der Waals surface area (Å²) in [6, 6.07) is 4.65. The van der Waals surface area contributed by atoms with Gasteiger partial charge in [0.05, 0.1) is 12.7 Å². The van der Waals surface area contributed by atoms with E-state index in [-0.39, 0.29) is 5.82 Å². The summed E-state index contributed by atoms with van der Waals surface area (Å²) in [5, 5.41) is 2.20. The molecule has 0 radical (unpaired) electrons. The van der Waals surface area contributed by atoms with E-state index in [9.17, 15) is 4.39 Å². The molecule has 5 heteroatoms. The zero-order valence-corrected chi connectivity index (χ0v) is 8.84. The maximum absolute atomic E-state index is 13.6. The minimum atomic E-state index is -0.358. The minimum absolute atomic E-state index is 0.358. The molecule has 0 amide bonds. The number of hydrogen-bond donors (Lipinski definition) is 1. The van der Waals surface area contributed by atoms with Gasteiger partial charge in [0.1, 0.15) is 22.4 Å². The summed E-state index contributed by atoms with van der Waals surface area (Å²) >= 11 is 1.29. The summed E-state index contributed by atoms with van der Waals surface area (Å²) in [7, 11) is 1.50. The highest BCUT2D eigenvalue weighted by atomic mass is 32.1. The van der Waals surface area contributed by atoms with Crippen LogP contribution in [0.5, 0.6) is 5.75 Å². The number of rotatable bonds is 2. The van der Waals surface area contributed by atoms with Crippen molar-refractivity contribution in [3.63, 3.8) is 0 Å². The van der Waals surface area contributed by atoms with Gasteiger partial charge in [-0.2, -0.15) is 0 Å². The van der Waals surface area contributed by atoms with Crippen molar-refractivity contribution in [1.29, 1.82) is 0 Å². The Kier molecular flexibility index (Phi) is 2.55. The Morgan fingerprint density at radius 2 is 2.27 bits per heavy atom. The van der Waals surface area contributed by atoms with E-state index in [0.29, 0.717) is 22.1 Å². The van der Waals surface area contributed by atoms with E-state index in [0.717, 1.165) is 0 Å². The molecule has 0 fully saturated rings. The van der Waals surface area contributed by atoms with E-state index in [2.05, 4.69) is 4.98 Å². The Balaban J connectivity index is 2.60. The first kappa shape index (κ1) is 9.92. The molecule has 1 aromatic heterocycles. The average molecular weight is 224 g/mol. The number of aromatic nitrogens is 1. The largest absolute Gasteiger partial charge is 0.496 e. The smallest absolute Gasteiger partial charge is 0.137 e. The highest BCUT2D eigenvalue weighted by molar-refractivity contribution is 7.13. The third-order valence-corrected chi connectivity index (χ3v) is 2.81. The molecule has 1 aromatic carbocycles. The summed E-state index contributed by atoms with van der Waals surface area (Å²) in [6.45, 7) is 0. The number of anilines is 1. The van der Waals surface area contributed by atoms with Gasteiger partial charge in [0, 0.05) is 5.38 Å². The molecule has 0 bridgehead atoms. The van der Waals surface area contributed by atoms with Crippen molar-refractivity contribution in [3.8, 4) is 16.3 Å². The van der Waals surface area contributed by atoms with Crippen LogP contribution < -0.4 is 10.5 Å². The number of methoxy groups -OCH3 is 1. The standard InChI is InChI=1S/C10H9FN2OS/c1-14-7-4-2-3-6(11)9(7)10-13-8(12)5-15-10/h2-5H,12H2,1H3. The topological polar surface area (TPSA) is 48.1 Å². The SMILES string of the molecule is COc1cccc(F)c1-c1nc(N)cs1. The molecule has 0 atom stereocenters. The van der Waals surface area contributed by atoms with Crippen LogP contribution in [-0.2, 0) is 0 Å². The van der Waals surface area contributed by atoms with Crippen LogP contribution in [0.25, 0.3) is 10.6 Å². The number of benzene rings is 1. The second-order valence-corrected chi connectivity index (χ2v) is 3.75. The maximum atomic E-state index is 13.6. The highest BCUT2D eigenvalue weighted by Gasteiger charge is 2.14. The van der Waals surface area contributed by atoms with Gasteiger partial charge < -0.3 is 10.5 Å². The van der Waals surface area contributed by atoms with Crippen molar-refractivity contribution in [1.82, 2.24) is 4.98 Å². The zero-order valence-electron chi connectivity index (χ0n) is 8.03. The molecular weight excluding hydrogens is 215 g/mol. The van der Waals surface area contributed by atoms with Crippen LogP contribution in [0.15, 0.2) is 23.6 Å². The minimum Gasteiger partial charge on any atom is -0.496 e. The maximum Gasteiger partial charge on any atom is 0.137 e. The van der Waals surface area contributed by atoms with Crippen LogP contribution in [-0.4, -0.2) is 12.1 Å². The first-order chi connectivity index (χ1) is 7.22. The molecule has 0 saturated carbocycles. The second-order valence-electron chi connectivity index (χ2n) is 2.89. The van der Waals surface area contributed by atoms with Gasteiger partial charge in [-0.15, -0.1) is 11.3 Å². The van der Waals surface area contributed by atoms with E-state index in [1.807, 2.05) is 0 Å². The summed E-state index contributed by atoms with van der Waals surface area (Å²) < 4.78 is 18.7. The predicted octanol–water partition coefficient (Wildman–Crippen LogP) is 2.54.